The minimum Gasteiger partial charge on any atom is -0.394 e. The monoisotopic (exact) mass is 522 g/mol. The summed E-state index contributed by atoms with van der Waals surface area (Å²) in [5.41, 5.74) is 2.39. The van der Waals surface area contributed by atoms with Gasteiger partial charge in [0, 0.05) is 42.1 Å². The first-order valence-electron chi connectivity index (χ1n) is 12.2. The molecule has 11 heteroatoms. The van der Waals surface area contributed by atoms with Gasteiger partial charge in [-0.2, -0.15) is 0 Å². The molecular weight excluding hydrogens is 492 g/mol. The van der Waals surface area contributed by atoms with E-state index in [0.29, 0.717) is 35.8 Å². The fraction of sp³-hybridized carbons (Fsp3) is 0.370. The molecule has 38 heavy (non-hydrogen) atoms. The number of likely N-dealkylation sites (tertiary alicyclic amines) is 1. The van der Waals surface area contributed by atoms with Crippen molar-refractivity contribution in [3.8, 4) is 12.3 Å². The first kappa shape index (κ1) is 27.1. The number of aliphatic hydroxyl groups is 2. The number of amides is 4. The Morgan fingerprint density at radius 1 is 1.13 bits per heavy atom. The van der Waals surface area contributed by atoms with Crippen LogP contribution in [0.1, 0.15) is 12.0 Å². The summed E-state index contributed by atoms with van der Waals surface area (Å²) in [6.45, 7) is 0.471. The van der Waals surface area contributed by atoms with E-state index in [9.17, 15) is 19.5 Å². The first-order chi connectivity index (χ1) is 18.4. The molecule has 0 saturated carbocycles. The van der Waals surface area contributed by atoms with Crippen molar-refractivity contribution >= 4 is 34.9 Å². The summed E-state index contributed by atoms with van der Waals surface area (Å²) in [6.07, 6.45) is 4.01. The van der Waals surface area contributed by atoms with Crippen LogP contribution < -0.4 is 15.5 Å². The number of nitrogens with zero attached hydrogens (tertiary/aromatic N) is 2. The predicted octanol–water partition coefficient (Wildman–Crippen LogP) is 1.01. The Kier molecular flexibility index (Phi) is 8.93. The van der Waals surface area contributed by atoms with Gasteiger partial charge in [-0.15, -0.1) is 6.42 Å². The highest BCUT2D eigenvalue weighted by Crippen LogP contribution is 2.25. The zero-order chi connectivity index (χ0) is 27.1. The van der Waals surface area contributed by atoms with Gasteiger partial charge in [-0.1, -0.05) is 5.92 Å². The van der Waals surface area contributed by atoms with Gasteiger partial charge in [-0.25, -0.2) is 4.79 Å². The van der Waals surface area contributed by atoms with E-state index in [-0.39, 0.29) is 32.1 Å². The van der Waals surface area contributed by atoms with E-state index in [2.05, 4.69) is 16.6 Å². The van der Waals surface area contributed by atoms with E-state index in [0.717, 1.165) is 0 Å². The van der Waals surface area contributed by atoms with Gasteiger partial charge >= 0.3 is 6.03 Å². The number of rotatable bonds is 8. The molecule has 4 N–H and O–H groups in total. The van der Waals surface area contributed by atoms with Crippen molar-refractivity contribution in [2.45, 2.75) is 24.7 Å². The van der Waals surface area contributed by atoms with Crippen LogP contribution in [0.15, 0.2) is 48.5 Å². The van der Waals surface area contributed by atoms with Gasteiger partial charge in [-0.3, -0.25) is 9.59 Å². The van der Waals surface area contributed by atoms with Gasteiger partial charge in [0.15, 0.2) is 0 Å². The van der Waals surface area contributed by atoms with Crippen LogP contribution in [0, 0.1) is 12.3 Å². The molecule has 4 amide bonds. The van der Waals surface area contributed by atoms with Crippen molar-refractivity contribution in [3.63, 3.8) is 0 Å². The molecule has 0 aromatic heterocycles. The maximum atomic E-state index is 13.3. The molecule has 3 unspecified atom stereocenters. The summed E-state index contributed by atoms with van der Waals surface area (Å²) in [4.78, 5) is 41.5. The number of terminal acetylenes is 1. The van der Waals surface area contributed by atoms with Gasteiger partial charge in [0.05, 0.1) is 25.9 Å². The van der Waals surface area contributed by atoms with E-state index in [1.807, 2.05) is 0 Å². The average Bonchev–Trinajstić information content (AvgIpc) is 3.38. The van der Waals surface area contributed by atoms with Crippen molar-refractivity contribution < 1.29 is 34.1 Å². The summed E-state index contributed by atoms with van der Waals surface area (Å²) in [7, 11) is 0. The van der Waals surface area contributed by atoms with Crippen LogP contribution >= 0.6 is 0 Å². The third kappa shape index (κ3) is 6.67. The van der Waals surface area contributed by atoms with E-state index in [4.69, 9.17) is 21.0 Å². The van der Waals surface area contributed by atoms with Crippen LogP contribution in [-0.2, 0) is 19.1 Å². The van der Waals surface area contributed by atoms with Crippen LogP contribution in [0.4, 0.5) is 21.9 Å². The fourth-order valence-corrected chi connectivity index (χ4v) is 4.28. The second-order valence-electron chi connectivity index (χ2n) is 8.98. The normalized spacial score (nSPS) is 20.1. The molecule has 2 aliphatic heterocycles. The Balaban J connectivity index is 1.44. The maximum Gasteiger partial charge on any atom is 0.322 e. The molecule has 2 aliphatic rings. The van der Waals surface area contributed by atoms with Crippen molar-refractivity contribution in [2.75, 3.05) is 55.1 Å². The number of nitrogens with one attached hydrogen (secondary N) is 2. The van der Waals surface area contributed by atoms with Gasteiger partial charge < -0.3 is 40.1 Å². The number of benzene rings is 2. The minimum absolute atomic E-state index is 0.0324. The molecule has 2 saturated heterocycles. The lowest BCUT2D eigenvalue weighted by Gasteiger charge is -2.27. The van der Waals surface area contributed by atoms with E-state index in [1.54, 1.807) is 53.4 Å². The fourth-order valence-electron chi connectivity index (χ4n) is 4.28. The van der Waals surface area contributed by atoms with Crippen LogP contribution in [-0.4, -0.2) is 90.7 Å². The lowest BCUT2D eigenvalue weighted by Crippen LogP contribution is -2.45. The number of morpholine rings is 1. The number of ether oxygens (including phenoxy) is 2. The SMILES string of the molecule is C#Cc1ccc(NC(=O)N2CC(OCC(O)CO)CC2C(=O)Nc2ccc(N3CCOCC3=O)cc2)cc1. The second kappa shape index (κ2) is 12.5. The number of anilines is 3. The van der Waals surface area contributed by atoms with Crippen molar-refractivity contribution in [1.29, 1.82) is 0 Å². The van der Waals surface area contributed by atoms with Crippen LogP contribution in [0.5, 0.6) is 0 Å². The average molecular weight is 523 g/mol. The number of urea groups is 1. The van der Waals surface area contributed by atoms with Crippen molar-refractivity contribution in [1.82, 2.24) is 4.90 Å². The highest BCUT2D eigenvalue weighted by molar-refractivity contribution is 6.00. The summed E-state index contributed by atoms with van der Waals surface area (Å²) in [5.74, 6) is 1.97. The Morgan fingerprint density at radius 3 is 2.47 bits per heavy atom. The Morgan fingerprint density at radius 2 is 1.82 bits per heavy atom. The summed E-state index contributed by atoms with van der Waals surface area (Å²) >= 11 is 0. The highest BCUT2D eigenvalue weighted by Gasteiger charge is 2.40. The third-order valence-electron chi connectivity index (χ3n) is 6.30. The standard InChI is InChI=1S/C27H30N4O7/c1-2-18-3-5-20(6-4-18)29-27(36)31-14-23(38-16-22(33)15-32)13-24(31)26(35)28-19-7-9-21(10-8-19)30-11-12-37-17-25(30)34/h1,3-10,22-24,32-33H,11-17H2,(H,28,35)(H,29,36). The van der Waals surface area contributed by atoms with Gasteiger partial charge in [-0.05, 0) is 48.5 Å². The van der Waals surface area contributed by atoms with Crippen LogP contribution in [0.3, 0.4) is 0 Å². The van der Waals surface area contributed by atoms with Crippen molar-refractivity contribution in [2.24, 2.45) is 0 Å². The molecular formula is C27H30N4O7. The molecule has 11 nitrogen and oxygen atoms in total. The van der Waals surface area contributed by atoms with Crippen LogP contribution in [0.25, 0.3) is 0 Å². The minimum atomic E-state index is -1.06. The van der Waals surface area contributed by atoms with Gasteiger partial charge in [0.2, 0.25) is 5.91 Å². The molecule has 2 fully saturated rings. The molecule has 200 valence electrons. The molecule has 0 bridgehead atoms. The van der Waals surface area contributed by atoms with Gasteiger partial charge in [0.25, 0.3) is 5.91 Å². The van der Waals surface area contributed by atoms with E-state index in [1.165, 1.54) is 4.90 Å². The number of hydrogen-bond acceptors (Lipinski definition) is 7. The molecule has 3 atom stereocenters. The van der Waals surface area contributed by atoms with E-state index < -0.39 is 36.8 Å². The Labute approximate surface area is 220 Å². The predicted molar refractivity (Wildman–Crippen MR) is 140 cm³/mol. The molecule has 0 radical (unpaired) electrons. The summed E-state index contributed by atoms with van der Waals surface area (Å²) in [6, 6.07) is 12.2. The van der Waals surface area contributed by atoms with Gasteiger partial charge in [0.1, 0.15) is 18.8 Å². The number of carbonyl (C=O) groups is 3. The molecule has 0 spiro atoms. The topological polar surface area (TPSA) is 141 Å². The zero-order valence-corrected chi connectivity index (χ0v) is 20.7. The molecule has 2 aromatic rings. The lowest BCUT2D eigenvalue weighted by molar-refractivity contribution is -0.125. The summed E-state index contributed by atoms with van der Waals surface area (Å²) in [5, 5.41) is 24.3. The molecule has 2 aromatic carbocycles. The second-order valence-corrected chi connectivity index (χ2v) is 8.98. The highest BCUT2D eigenvalue weighted by atomic mass is 16.5. The molecule has 2 heterocycles. The molecule has 0 aliphatic carbocycles. The quantitative estimate of drug-likeness (QED) is 0.380. The number of hydrogen-bond donors (Lipinski definition) is 4. The largest absolute Gasteiger partial charge is 0.394 e. The van der Waals surface area contributed by atoms with Crippen LogP contribution in [0.2, 0.25) is 0 Å². The third-order valence-corrected chi connectivity index (χ3v) is 6.30. The first-order valence-corrected chi connectivity index (χ1v) is 12.2. The summed E-state index contributed by atoms with van der Waals surface area (Å²) < 4.78 is 10.8. The Bertz CT molecular complexity index is 1180. The zero-order valence-electron chi connectivity index (χ0n) is 20.7. The number of carbonyl (C=O) groups excluding carboxylic acids is 3. The van der Waals surface area contributed by atoms with Crippen molar-refractivity contribution in [3.05, 3.63) is 54.1 Å². The smallest absolute Gasteiger partial charge is 0.322 e. The van der Waals surface area contributed by atoms with E-state index >= 15 is 0 Å². The lowest BCUT2D eigenvalue weighted by atomic mass is 10.1. The maximum absolute atomic E-state index is 13.3. The number of aliphatic hydroxyl groups excluding tert-OH is 2. The Hall–Kier alpha value is -3.95. The molecule has 4 rings (SSSR count).